The Balaban J connectivity index is 1.97. The highest BCUT2D eigenvalue weighted by Crippen LogP contribution is 2.28. The number of aromatic nitrogens is 2. The standard InChI is InChI=1S/C17H21ClN4O2/c1-12(2)8-9-24-14-5-4-13(10-15(14)23-3)11-19-21-17-7-6-16(18)20-22-17/h4-7,10-12H,8-9H2,1-3H3,(H,21,22)/b19-11+. The molecule has 0 amide bonds. The van der Waals surface area contributed by atoms with Crippen molar-refractivity contribution >= 4 is 23.6 Å². The minimum absolute atomic E-state index is 0.335. The molecule has 0 saturated heterocycles. The van der Waals surface area contributed by atoms with Crippen LogP contribution in [0.5, 0.6) is 11.5 Å². The molecule has 2 rings (SSSR count). The number of ether oxygens (including phenoxy) is 2. The van der Waals surface area contributed by atoms with Crippen LogP contribution >= 0.6 is 11.6 Å². The van der Waals surface area contributed by atoms with Gasteiger partial charge in [-0.1, -0.05) is 25.4 Å². The quantitative estimate of drug-likeness (QED) is 0.576. The Labute approximate surface area is 146 Å². The zero-order chi connectivity index (χ0) is 17.4. The minimum Gasteiger partial charge on any atom is -0.493 e. The van der Waals surface area contributed by atoms with Gasteiger partial charge in [0.1, 0.15) is 0 Å². The lowest BCUT2D eigenvalue weighted by Crippen LogP contribution is -2.03. The molecule has 7 heteroatoms. The first-order valence-electron chi connectivity index (χ1n) is 7.67. The van der Waals surface area contributed by atoms with Crippen LogP contribution in [0.25, 0.3) is 0 Å². The van der Waals surface area contributed by atoms with E-state index < -0.39 is 0 Å². The molecular formula is C17H21ClN4O2. The van der Waals surface area contributed by atoms with E-state index >= 15 is 0 Å². The Kier molecular flexibility index (Phi) is 6.81. The van der Waals surface area contributed by atoms with E-state index in [0.29, 0.717) is 29.2 Å². The third-order valence-electron chi connectivity index (χ3n) is 3.17. The summed E-state index contributed by atoms with van der Waals surface area (Å²) >= 11 is 5.68. The van der Waals surface area contributed by atoms with Gasteiger partial charge in [-0.15, -0.1) is 10.2 Å². The average molecular weight is 349 g/mol. The molecule has 0 unspecified atom stereocenters. The predicted octanol–water partition coefficient (Wildman–Crippen LogP) is 4.01. The highest BCUT2D eigenvalue weighted by molar-refractivity contribution is 6.29. The van der Waals surface area contributed by atoms with Crippen LogP contribution in [-0.4, -0.2) is 30.1 Å². The van der Waals surface area contributed by atoms with Crippen molar-refractivity contribution in [2.24, 2.45) is 11.0 Å². The number of benzene rings is 1. The molecule has 0 radical (unpaired) electrons. The fourth-order valence-corrected chi connectivity index (χ4v) is 1.94. The van der Waals surface area contributed by atoms with E-state index in [0.717, 1.165) is 17.7 Å². The number of nitrogens with zero attached hydrogens (tertiary/aromatic N) is 3. The molecule has 24 heavy (non-hydrogen) atoms. The summed E-state index contributed by atoms with van der Waals surface area (Å²) in [7, 11) is 1.62. The molecule has 2 aromatic rings. The molecule has 0 saturated carbocycles. The Morgan fingerprint density at radius 2 is 2.04 bits per heavy atom. The van der Waals surface area contributed by atoms with Gasteiger partial charge in [0.15, 0.2) is 22.5 Å². The monoisotopic (exact) mass is 348 g/mol. The molecule has 0 fully saturated rings. The van der Waals surface area contributed by atoms with E-state index in [-0.39, 0.29) is 0 Å². The van der Waals surface area contributed by atoms with Gasteiger partial charge in [0.05, 0.1) is 19.9 Å². The van der Waals surface area contributed by atoms with Crippen LogP contribution in [0.2, 0.25) is 5.15 Å². The van der Waals surface area contributed by atoms with E-state index in [9.17, 15) is 0 Å². The predicted molar refractivity (Wildman–Crippen MR) is 96.2 cm³/mol. The number of rotatable bonds is 8. The van der Waals surface area contributed by atoms with Crippen molar-refractivity contribution in [1.29, 1.82) is 0 Å². The largest absolute Gasteiger partial charge is 0.493 e. The summed E-state index contributed by atoms with van der Waals surface area (Å²) < 4.78 is 11.1. The van der Waals surface area contributed by atoms with Crippen molar-refractivity contribution in [2.75, 3.05) is 19.1 Å². The second-order valence-electron chi connectivity index (χ2n) is 5.55. The number of halogens is 1. The van der Waals surface area contributed by atoms with Crippen LogP contribution in [0.3, 0.4) is 0 Å². The average Bonchev–Trinajstić information content (AvgIpc) is 2.57. The first-order valence-corrected chi connectivity index (χ1v) is 8.05. The van der Waals surface area contributed by atoms with Crippen molar-refractivity contribution < 1.29 is 9.47 Å². The van der Waals surface area contributed by atoms with E-state index in [4.69, 9.17) is 21.1 Å². The fourth-order valence-electron chi connectivity index (χ4n) is 1.84. The van der Waals surface area contributed by atoms with Gasteiger partial charge in [0, 0.05) is 0 Å². The number of nitrogens with one attached hydrogen (secondary N) is 1. The maximum absolute atomic E-state index is 5.76. The summed E-state index contributed by atoms with van der Waals surface area (Å²) in [6.45, 7) is 4.99. The molecule has 6 nitrogen and oxygen atoms in total. The SMILES string of the molecule is COc1cc(/C=N/Nc2ccc(Cl)nn2)ccc1OCCC(C)C. The third kappa shape index (κ3) is 5.70. The normalized spacial score (nSPS) is 11.0. The Morgan fingerprint density at radius 1 is 1.21 bits per heavy atom. The van der Waals surface area contributed by atoms with Gasteiger partial charge in [0.25, 0.3) is 0 Å². The lowest BCUT2D eigenvalue weighted by atomic mass is 10.1. The number of methoxy groups -OCH3 is 1. The molecule has 0 bridgehead atoms. The van der Waals surface area contributed by atoms with Gasteiger partial charge in [-0.05, 0) is 48.2 Å². The molecule has 1 aromatic heterocycles. The number of anilines is 1. The van der Waals surface area contributed by atoms with Crippen molar-refractivity contribution in [1.82, 2.24) is 10.2 Å². The summed E-state index contributed by atoms with van der Waals surface area (Å²) in [5, 5.41) is 12.0. The van der Waals surface area contributed by atoms with Gasteiger partial charge in [0.2, 0.25) is 0 Å². The van der Waals surface area contributed by atoms with E-state index in [1.165, 1.54) is 0 Å². The molecule has 0 aliphatic heterocycles. The molecular weight excluding hydrogens is 328 g/mol. The van der Waals surface area contributed by atoms with Gasteiger partial charge in [-0.25, -0.2) is 0 Å². The molecule has 1 aromatic carbocycles. The second-order valence-corrected chi connectivity index (χ2v) is 5.94. The van der Waals surface area contributed by atoms with Crippen LogP contribution in [0, 0.1) is 5.92 Å². The second kappa shape index (κ2) is 9.08. The Morgan fingerprint density at radius 3 is 2.71 bits per heavy atom. The van der Waals surface area contributed by atoms with Crippen molar-refractivity contribution in [3.63, 3.8) is 0 Å². The Bertz CT molecular complexity index is 675. The molecule has 0 atom stereocenters. The first-order chi connectivity index (χ1) is 11.6. The van der Waals surface area contributed by atoms with E-state index in [2.05, 4.69) is 34.6 Å². The molecule has 1 heterocycles. The highest BCUT2D eigenvalue weighted by Gasteiger charge is 2.05. The van der Waals surface area contributed by atoms with Gasteiger partial charge >= 0.3 is 0 Å². The molecule has 1 N–H and O–H groups in total. The smallest absolute Gasteiger partial charge is 0.168 e. The lowest BCUT2D eigenvalue weighted by Gasteiger charge is -2.12. The Hall–Kier alpha value is -2.34. The molecule has 0 aliphatic carbocycles. The van der Waals surface area contributed by atoms with Gasteiger partial charge < -0.3 is 9.47 Å². The van der Waals surface area contributed by atoms with Crippen LogP contribution in [0.1, 0.15) is 25.8 Å². The number of hydrazone groups is 1. The molecule has 128 valence electrons. The maximum Gasteiger partial charge on any atom is 0.168 e. The zero-order valence-corrected chi connectivity index (χ0v) is 14.7. The van der Waals surface area contributed by atoms with Crippen LogP contribution in [0.15, 0.2) is 35.4 Å². The zero-order valence-electron chi connectivity index (χ0n) is 14.0. The van der Waals surface area contributed by atoms with Gasteiger partial charge in [-0.2, -0.15) is 5.10 Å². The lowest BCUT2D eigenvalue weighted by molar-refractivity contribution is 0.273. The van der Waals surface area contributed by atoms with Crippen molar-refractivity contribution in [3.05, 3.63) is 41.0 Å². The van der Waals surface area contributed by atoms with Crippen LogP contribution in [0.4, 0.5) is 5.82 Å². The van der Waals surface area contributed by atoms with Crippen LogP contribution < -0.4 is 14.9 Å². The van der Waals surface area contributed by atoms with Crippen LogP contribution in [-0.2, 0) is 0 Å². The summed E-state index contributed by atoms with van der Waals surface area (Å²) in [5.41, 5.74) is 3.66. The fraction of sp³-hybridized carbons (Fsp3) is 0.353. The van der Waals surface area contributed by atoms with Crippen molar-refractivity contribution in [3.8, 4) is 11.5 Å². The summed E-state index contributed by atoms with van der Waals surface area (Å²) in [4.78, 5) is 0. The summed E-state index contributed by atoms with van der Waals surface area (Å²) in [6, 6.07) is 8.98. The summed E-state index contributed by atoms with van der Waals surface area (Å²) in [6.07, 6.45) is 2.66. The molecule has 0 spiro atoms. The van der Waals surface area contributed by atoms with E-state index in [1.807, 2.05) is 18.2 Å². The van der Waals surface area contributed by atoms with Crippen molar-refractivity contribution in [2.45, 2.75) is 20.3 Å². The van der Waals surface area contributed by atoms with E-state index in [1.54, 1.807) is 25.5 Å². The highest BCUT2D eigenvalue weighted by atomic mass is 35.5. The number of hydrogen-bond acceptors (Lipinski definition) is 6. The summed E-state index contributed by atoms with van der Waals surface area (Å²) in [5.74, 6) is 2.52. The van der Waals surface area contributed by atoms with Gasteiger partial charge in [-0.3, -0.25) is 5.43 Å². The topological polar surface area (TPSA) is 68.6 Å². The molecule has 0 aliphatic rings. The third-order valence-corrected chi connectivity index (χ3v) is 3.37. The minimum atomic E-state index is 0.335. The number of hydrogen-bond donors (Lipinski definition) is 1. The maximum atomic E-state index is 5.76. The first kappa shape index (κ1) is 18.0.